The number of Topliss-reactive ketones (excluding diaryl/α,β-unsaturated/α-hetero) is 1. The van der Waals surface area contributed by atoms with Gasteiger partial charge in [0.1, 0.15) is 11.5 Å². The Hall–Kier alpha value is -4.39. The number of aliphatic carboxylic acids is 1. The predicted molar refractivity (Wildman–Crippen MR) is 150 cm³/mol. The number of benzene rings is 3. The van der Waals surface area contributed by atoms with Crippen LogP contribution in [0.15, 0.2) is 72.3 Å². The number of amides is 1. The fraction of sp³-hybridized carbons (Fsp3) is 0.281. The molecular formula is C32H33NO6. The van der Waals surface area contributed by atoms with Gasteiger partial charge in [-0.05, 0) is 71.8 Å². The molecule has 0 aliphatic carbocycles. The Kier molecular flexibility index (Phi) is 8.19. The van der Waals surface area contributed by atoms with Gasteiger partial charge in [-0.15, -0.1) is 0 Å². The van der Waals surface area contributed by atoms with Crippen LogP contribution >= 0.6 is 0 Å². The number of rotatable bonds is 9. The number of nitrogens with zero attached hydrogens (tertiary/aromatic N) is 1. The first-order valence-corrected chi connectivity index (χ1v) is 13.0. The molecule has 1 unspecified atom stereocenters. The number of aryl methyl sites for hydroxylation is 2. The van der Waals surface area contributed by atoms with Gasteiger partial charge in [0.05, 0.1) is 24.6 Å². The maximum absolute atomic E-state index is 13.4. The fourth-order valence-corrected chi connectivity index (χ4v) is 4.67. The Morgan fingerprint density at radius 2 is 1.59 bits per heavy atom. The molecule has 0 spiro atoms. The lowest BCUT2D eigenvalue weighted by Gasteiger charge is -2.26. The average molecular weight is 528 g/mol. The van der Waals surface area contributed by atoms with Gasteiger partial charge in [0.2, 0.25) is 0 Å². The van der Waals surface area contributed by atoms with E-state index in [-0.39, 0.29) is 17.8 Å². The topological polar surface area (TPSA) is 104 Å². The van der Waals surface area contributed by atoms with Gasteiger partial charge < -0.3 is 14.9 Å². The van der Waals surface area contributed by atoms with Crippen LogP contribution in [0.2, 0.25) is 0 Å². The van der Waals surface area contributed by atoms with Gasteiger partial charge in [0.15, 0.2) is 0 Å². The van der Waals surface area contributed by atoms with Crippen LogP contribution in [0.3, 0.4) is 0 Å². The van der Waals surface area contributed by atoms with E-state index in [0.29, 0.717) is 40.7 Å². The van der Waals surface area contributed by atoms with E-state index in [0.717, 1.165) is 17.5 Å². The van der Waals surface area contributed by atoms with Gasteiger partial charge in [-0.2, -0.15) is 0 Å². The molecule has 2 N–H and O–H groups in total. The molecule has 7 heteroatoms. The molecular weight excluding hydrogens is 494 g/mol. The number of ketones is 1. The third-order valence-corrected chi connectivity index (χ3v) is 6.74. The molecule has 3 aromatic rings. The molecule has 7 nitrogen and oxygen atoms in total. The molecule has 202 valence electrons. The number of carboxylic acid groups (broad SMARTS) is 1. The quantitative estimate of drug-likeness (QED) is 0.206. The average Bonchev–Trinajstić information content (AvgIpc) is 3.17. The van der Waals surface area contributed by atoms with Gasteiger partial charge in [-0.1, -0.05) is 57.2 Å². The minimum Gasteiger partial charge on any atom is -0.507 e. The lowest BCUT2D eigenvalue weighted by Crippen LogP contribution is -2.29. The van der Waals surface area contributed by atoms with E-state index in [4.69, 9.17) is 9.84 Å². The summed E-state index contributed by atoms with van der Waals surface area (Å²) in [5, 5.41) is 20.6. The van der Waals surface area contributed by atoms with Crippen LogP contribution < -0.4 is 9.64 Å². The Morgan fingerprint density at radius 1 is 0.949 bits per heavy atom. The lowest BCUT2D eigenvalue weighted by molar-refractivity contribution is -0.136. The molecule has 0 bridgehead atoms. The van der Waals surface area contributed by atoms with Crippen LogP contribution in [0.5, 0.6) is 5.75 Å². The largest absolute Gasteiger partial charge is 0.507 e. The highest BCUT2D eigenvalue weighted by Crippen LogP contribution is 2.42. The number of hydrogen-bond donors (Lipinski definition) is 2. The second-order valence-electron chi connectivity index (χ2n) is 10.2. The molecule has 1 heterocycles. The lowest BCUT2D eigenvalue weighted by atomic mass is 9.93. The molecule has 1 amide bonds. The van der Waals surface area contributed by atoms with Crippen molar-refractivity contribution in [3.8, 4) is 5.75 Å². The summed E-state index contributed by atoms with van der Waals surface area (Å²) in [6.07, 6.45) is 0.674. The Labute approximate surface area is 228 Å². The molecule has 39 heavy (non-hydrogen) atoms. The van der Waals surface area contributed by atoms with Gasteiger partial charge >= 0.3 is 5.97 Å². The molecule has 1 saturated heterocycles. The first-order valence-electron chi connectivity index (χ1n) is 13.0. The first kappa shape index (κ1) is 27.6. The number of aliphatic hydroxyl groups excluding tert-OH is 1. The number of anilines is 1. The number of hydrogen-bond acceptors (Lipinski definition) is 5. The van der Waals surface area contributed by atoms with Crippen LogP contribution in [0.1, 0.15) is 54.6 Å². The fourth-order valence-electron chi connectivity index (χ4n) is 4.67. The predicted octanol–water partition coefficient (Wildman–Crippen LogP) is 5.85. The molecule has 4 rings (SSSR count). The number of carbonyl (C=O) groups excluding carboxylic acids is 2. The van der Waals surface area contributed by atoms with E-state index in [2.05, 4.69) is 13.8 Å². The summed E-state index contributed by atoms with van der Waals surface area (Å²) in [7, 11) is 0. The monoisotopic (exact) mass is 527 g/mol. The highest BCUT2D eigenvalue weighted by atomic mass is 16.5. The Bertz CT molecular complexity index is 1420. The Balaban J connectivity index is 1.82. The van der Waals surface area contributed by atoms with Crippen molar-refractivity contribution in [3.05, 3.63) is 100 Å². The Morgan fingerprint density at radius 3 is 2.15 bits per heavy atom. The van der Waals surface area contributed by atoms with E-state index in [1.54, 1.807) is 42.5 Å². The SMILES string of the molecule is CCc1ccc(C2/C(=C(/O)c3ccc(OCC(C)C)c(C)c3)C(=O)C(=O)N2c2ccc(CC(=O)O)cc2)cc1. The minimum atomic E-state index is -0.963. The maximum atomic E-state index is 13.4. The third-order valence-electron chi connectivity index (χ3n) is 6.74. The summed E-state index contributed by atoms with van der Waals surface area (Å²) in [4.78, 5) is 39.3. The highest BCUT2D eigenvalue weighted by Gasteiger charge is 2.47. The van der Waals surface area contributed by atoms with E-state index >= 15 is 0 Å². The summed E-state index contributed by atoms with van der Waals surface area (Å²) in [5.74, 6) is -1.73. The van der Waals surface area contributed by atoms with E-state index < -0.39 is 23.7 Å². The van der Waals surface area contributed by atoms with Crippen molar-refractivity contribution >= 4 is 29.1 Å². The van der Waals surface area contributed by atoms with E-state index in [9.17, 15) is 19.5 Å². The standard InChI is InChI=1S/C32H33NO6/c1-5-21-6-10-23(11-7-21)29-28(30(36)24-12-15-26(20(4)16-24)39-18-19(2)3)31(37)32(38)33(29)25-13-8-22(9-14-25)17-27(34)35/h6-16,19,29,36H,5,17-18H2,1-4H3,(H,34,35)/b30-28-. The molecule has 0 aromatic heterocycles. The second-order valence-corrected chi connectivity index (χ2v) is 10.2. The molecule has 1 fully saturated rings. The number of carbonyl (C=O) groups is 3. The van der Waals surface area contributed by atoms with Crippen LogP contribution in [-0.4, -0.2) is 34.5 Å². The molecule has 1 atom stereocenters. The molecule has 1 aliphatic heterocycles. The van der Waals surface area contributed by atoms with Gasteiger partial charge in [-0.25, -0.2) is 0 Å². The van der Waals surface area contributed by atoms with Gasteiger partial charge in [0.25, 0.3) is 11.7 Å². The van der Waals surface area contributed by atoms with Crippen molar-refractivity contribution in [2.75, 3.05) is 11.5 Å². The smallest absolute Gasteiger partial charge is 0.307 e. The van der Waals surface area contributed by atoms with Gasteiger partial charge in [-0.3, -0.25) is 19.3 Å². The molecule has 0 radical (unpaired) electrons. The zero-order valence-electron chi connectivity index (χ0n) is 22.6. The molecule has 3 aromatic carbocycles. The van der Waals surface area contributed by atoms with E-state index in [1.807, 2.05) is 38.1 Å². The highest BCUT2D eigenvalue weighted by molar-refractivity contribution is 6.51. The number of carboxylic acids is 1. The second kappa shape index (κ2) is 11.6. The van der Waals surface area contributed by atoms with Crippen molar-refractivity contribution in [2.45, 2.75) is 46.6 Å². The van der Waals surface area contributed by atoms with E-state index in [1.165, 1.54) is 4.90 Å². The summed E-state index contributed by atoms with van der Waals surface area (Å²) >= 11 is 0. The van der Waals surface area contributed by atoms with Crippen molar-refractivity contribution < 1.29 is 29.3 Å². The van der Waals surface area contributed by atoms with Crippen LogP contribution in [-0.2, 0) is 27.2 Å². The molecule has 0 saturated carbocycles. The van der Waals surface area contributed by atoms with Crippen LogP contribution in [0.4, 0.5) is 5.69 Å². The maximum Gasteiger partial charge on any atom is 0.307 e. The number of aliphatic hydroxyl groups is 1. The van der Waals surface area contributed by atoms with Crippen LogP contribution in [0, 0.1) is 12.8 Å². The summed E-state index contributed by atoms with van der Waals surface area (Å²) in [6, 6.07) is 18.4. The van der Waals surface area contributed by atoms with Crippen molar-refractivity contribution in [1.29, 1.82) is 0 Å². The summed E-state index contributed by atoms with van der Waals surface area (Å²) < 4.78 is 5.85. The summed E-state index contributed by atoms with van der Waals surface area (Å²) in [5.41, 5.74) is 3.98. The zero-order chi connectivity index (χ0) is 28.3. The number of ether oxygens (including phenoxy) is 1. The normalized spacial score (nSPS) is 16.6. The first-order chi connectivity index (χ1) is 18.6. The van der Waals surface area contributed by atoms with Gasteiger partial charge in [0, 0.05) is 11.3 Å². The van der Waals surface area contributed by atoms with Crippen molar-refractivity contribution in [1.82, 2.24) is 0 Å². The summed E-state index contributed by atoms with van der Waals surface area (Å²) in [6.45, 7) is 8.57. The molecule has 1 aliphatic rings. The minimum absolute atomic E-state index is 0.00545. The van der Waals surface area contributed by atoms with Crippen molar-refractivity contribution in [3.63, 3.8) is 0 Å². The van der Waals surface area contributed by atoms with Crippen molar-refractivity contribution in [2.24, 2.45) is 5.92 Å². The third kappa shape index (κ3) is 5.87. The zero-order valence-corrected chi connectivity index (χ0v) is 22.6. The van der Waals surface area contributed by atoms with Crippen LogP contribution in [0.25, 0.3) is 5.76 Å².